The average Bonchev–Trinajstić information content (AvgIpc) is 3.05. The van der Waals surface area contributed by atoms with Crippen molar-refractivity contribution in [1.82, 2.24) is 10.1 Å². The molecule has 0 radical (unpaired) electrons. The van der Waals surface area contributed by atoms with E-state index in [4.69, 9.17) is 16.1 Å². The maximum absolute atomic E-state index is 13.7. The first-order chi connectivity index (χ1) is 12.0. The zero-order valence-electron chi connectivity index (χ0n) is 13.4. The summed E-state index contributed by atoms with van der Waals surface area (Å²) in [6.45, 7) is 1.92. The molecule has 5 nitrogen and oxygen atoms in total. The van der Waals surface area contributed by atoms with Crippen molar-refractivity contribution in [1.29, 1.82) is 0 Å². The Morgan fingerprint density at radius 1 is 1.28 bits per heavy atom. The van der Waals surface area contributed by atoms with Crippen LogP contribution in [0.3, 0.4) is 0 Å². The van der Waals surface area contributed by atoms with Crippen molar-refractivity contribution in [3.8, 4) is 11.4 Å². The van der Waals surface area contributed by atoms with Gasteiger partial charge in [-0.2, -0.15) is 4.98 Å². The van der Waals surface area contributed by atoms with E-state index in [1.807, 2.05) is 13.0 Å². The molecule has 3 rings (SSSR count). The summed E-state index contributed by atoms with van der Waals surface area (Å²) in [5, 5.41) is 6.97. The van der Waals surface area contributed by atoms with Gasteiger partial charge < -0.3 is 9.84 Å². The lowest BCUT2D eigenvalue weighted by atomic mass is 10.2. The zero-order chi connectivity index (χ0) is 17.8. The van der Waals surface area contributed by atoms with Crippen molar-refractivity contribution in [3.05, 3.63) is 64.8 Å². The lowest BCUT2D eigenvalue weighted by Crippen LogP contribution is -2.12. The second-order valence-corrected chi connectivity index (χ2v) is 5.93. The van der Waals surface area contributed by atoms with E-state index in [-0.39, 0.29) is 36.0 Å². The van der Waals surface area contributed by atoms with Gasteiger partial charge in [0, 0.05) is 12.8 Å². The summed E-state index contributed by atoms with van der Waals surface area (Å²) >= 11 is 6.09. The van der Waals surface area contributed by atoms with Gasteiger partial charge in [-0.3, -0.25) is 4.79 Å². The summed E-state index contributed by atoms with van der Waals surface area (Å²) in [5.41, 5.74) is 1.82. The first kappa shape index (κ1) is 17.1. The van der Waals surface area contributed by atoms with Crippen LogP contribution in [0.15, 0.2) is 47.0 Å². The van der Waals surface area contributed by atoms with E-state index < -0.39 is 5.82 Å². The molecule has 0 fully saturated rings. The Kier molecular flexibility index (Phi) is 5.09. The first-order valence-electron chi connectivity index (χ1n) is 7.66. The van der Waals surface area contributed by atoms with Crippen molar-refractivity contribution >= 4 is 23.2 Å². The second kappa shape index (κ2) is 7.44. The van der Waals surface area contributed by atoms with Crippen LogP contribution in [-0.4, -0.2) is 16.0 Å². The van der Waals surface area contributed by atoms with Crippen LogP contribution in [0.1, 0.15) is 17.9 Å². The third-order valence-electron chi connectivity index (χ3n) is 3.55. The highest BCUT2D eigenvalue weighted by molar-refractivity contribution is 6.33. The van der Waals surface area contributed by atoms with Crippen LogP contribution in [0.5, 0.6) is 0 Å². The Morgan fingerprint density at radius 3 is 2.84 bits per heavy atom. The predicted molar refractivity (Wildman–Crippen MR) is 92.8 cm³/mol. The van der Waals surface area contributed by atoms with Gasteiger partial charge in [0.1, 0.15) is 5.82 Å². The van der Waals surface area contributed by atoms with Gasteiger partial charge in [0.15, 0.2) is 0 Å². The number of nitrogens with zero attached hydrogens (tertiary/aromatic N) is 2. The van der Waals surface area contributed by atoms with E-state index in [1.165, 1.54) is 6.07 Å². The average molecular weight is 360 g/mol. The fraction of sp³-hybridized carbons (Fsp3) is 0.167. The number of aryl methyl sites for hydroxylation is 2. The van der Waals surface area contributed by atoms with Gasteiger partial charge in [-0.25, -0.2) is 4.39 Å². The van der Waals surface area contributed by atoms with Gasteiger partial charge in [0.05, 0.1) is 16.3 Å². The molecule has 0 saturated heterocycles. The molecule has 1 heterocycles. The molecule has 0 spiro atoms. The van der Waals surface area contributed by atoms with Gasteiger partial charge >= 0.3 is 0 Å². The molecule has 128 valence electrons. The van der Waals surface area contributed by atoms with E-state index in [2.05, 4.69) is 15.5 Å². The summed E-state index contributed by atoms with van der Waals surface area (Å²) < 4.78 is 18.8. The molecule has 3 aromatic rings. The smallest absolute Gasteiger partial charge is 0.227 e. The first-order valence-corrected chi connectivity index (χ1v) is 8.04. The highest BCUT2D eigenvalue weighted by Gasteiger charge is 2.14. The van der Waals surface area contributed by atoms with Crippen LogP contribution in [-0.2, 0) is 11.2 Å². The minimum atomic E-state index is -0.429. The normalized spacial score (nSPS) is 10.7. The molecule has 0 aliphatic carbocycles. The summed E-state index contributed by atoms with van der Waals surface area (Å²) in [6.07, 6.45) is 0.389. The number of halogens is 2. The highest BCUT2D eigenvalue weighted by Crippen LogP contribution is 2.23. The second-order valence-electron chi connectivity index (χ2n) is 5.52. The van der Waals surface area contributed by atoms with Crippen LogP contribution >= 0.6 is 11.6 Å². The van der Waals surface area contributed by atoms with Crippen LogP contribution in [0, 0.1) is 12.7 Å². The van der Waals surface area contributed by atoms with Crippen molar-refractivity contribution in [3.63, 3.8) is 0 Å². The zero-order valence-corrected chi connectivity index (χ0v) is 14.2. The molecule has 2 aromatic carbocycles. The third-order valence-corrected chi connectivity index (χ3v) is 3.86. The molecular weight excluding hydrogens is 345 g/mol. The number of nitrogens with one attached hydrogen (secondary N) is 1. The fourth-order valence-electron chi connectivity index (χ4n) is 2.26. The van der Waals surface area contributed by atoms with Crippen LogP contribution in [0.2, 0.25) is 5.02 Å². The Morgan fingerprint density at radius 2 is 2.08 bits per heavy atom. The number of rotatable bonds is 5. The summed E-state index contributed by atoms with van der Waals surface area (Å²) in [5.74, 6) is -0.225. The van der Waals surface area contributed by atoms with Gasteiger partial charge in [-0.05, 0) is 36.8 Å². The Hall–Kier alpha value is -2.73. The lowest BCUT2D eigenvalue weighted by Gasteiger charge is -2.07. The standard InChI is InChI=1S/C18H15ClFN3O2/c1-11-6-7-15(13(19)10-11)21-16(24)8-9-17-22-18(23-25-17)12-4-2-3-5-14(12)20/h2-7,10H,8-9H2,1H3,(H,21,24). The highest BCUT2D eigenvalue weighted by atomic mass is 35.5. The van der Waals surface area contributed by atoms with Gasteiger partial charge in [0.2, 0.25) is 17.6 Å². The summed E-state index contributed by atoms with van der Waals surface area (Å²) in [6, 6.07) is 11.5. The van der Waals surface area contributed by atoms with Gasteiger partial charge in [0.25, 0.3) is 0 Å². The molecule has 0 aliphatic heterocycles. The Labute approximate surface area is 148 Å². The molecular formula is C18H15ClFN3O2. The van der Waals surface area contributed by atoms with E-state index in [0.717, 1.165) is 5.56 Å². The molecule has 0 aliphatic rings. The maximum Gasteiger partial charge on any atom is 0.227 e. The number of carbonyl (C=O) groups is 1. The molecule has 0 unspecified atom stereocenters. The van der Waals surface area contributed by atoms with E-state index >= 15 is 0 Å². The van der Waals surface area contributed by atoms with E-state index in [9.17, 15) is 9.18 Å². The van der Waals surface area contributed by atoms with Crippen LogP contribution in [0.25, 0.3) is 11.4 Å². The van der Waals surface area contributed by atoms with Crippen molar-refractivity contribution in [2.45, 2.75) is 19.8 Å². The number of amides is 1. The minimum Gasteiger partial charge on any atom is -0.339 e. The number of carbonyl (C=O) groups excluding carboxylic acids is 1. The minimum absolute atomic E-state index is 0.142. The molecule has 0 bridgehead atoms. The largest absolute Gasteiger partial charge is 0.339 e. The summed E-state index contributed by atoms with van der Waals surface area (Å²) in [4.78, 5) is 16.2. The van der Waals surface area contributed by atoms with Crippen molar-refractivity contribution in [2.24, 2.45) is 0 Å². The van der Waals surface area contributed by atoms with Crippen molar-refractivity contribution in [2.75, 3.05) is 5.32 Å². The predicted octanol–water partition coefficient (Wildman–Crippen LogP) is 4.41. The maximum atomic E-state index is 13.7. The molecule has 25 heavy (non-hydrogen) atoms. The van der Waals surface area contributed by atoms with E-state index in [0.29, 0.717) is 10.7 Å². The van der Waals surface area contributed by atoms with Crippen molar-refractivity contribution < 1.29 is 13.7 Å². The van der Waals surface area contributed by atoms with Crippen LogP contribution in [0.4, 0.5) is 10.1 Å². The molecule has 1 N–H and O–H groups in total. The molecule has 0 saturated carbocycles. The Bertz CT molecular complexity index is 911. The molecule has 1 aromatic heterocycles. The monoisotopic (exact) mass is 359 g/mol. The fourth-order valence-corrected chi connectivity index (χ4v) is 2.55. The molecule has 0 atom stereocenters. The van der Waals surface area contributed by atoms with E-state index in [1.54, 1.807) is 30.3 Å². The third kappa shape index (κ3) is 4.22. The number of anilines is 1. The molecule has 7 heteroatoms. The quantitative estimate of drug-likeness (QED) is 0.732. The number of benzene rings is 2. The van der Waals surface area contributed by atoms with Gasteiger partial charge in [-0.15, -0.1) is 0 Å². The number of hydrogen-bond acceptors (Lipinski definition) is 4. The number of aromatic nitrogens is 2. The number of hydrogen-bond donors (Lipinski definition) is 1. The van der Waals surface area contributed by atoms with Crippen LogP contribution < -0.4 is 5.32 Å². The topological polar surface area (TPSA) is 68.0 Å². The SMILES string of the molecule is Cc1ccc(NC(=O)CCc2nc(-c3ccccc3F)no2)c(Cl)c1. The lowest BCUT2D eigenvalue weighted by molar-refractivity contribution is -0.116. The van der Waals surface area contributed by atoms with Gasteiger partial charge in [-0.1, -0.05) is 35.0 Å². The molecule has 1 amide bonds. The summed E-state index contributed by atoms with van der Waals surface area (Å²) in [7, 11) is 0. The Balaban J connectivity index is 1.60.